The van der Waals surface area contributed by atoms with Gasteiger partial charge in [-0.15, -0.1) is 0 Å². The normalized spacial score (nSPS) is 21.1. The average molecular weight is 324 g/mol. The molecule has 0 N–H and O–H groups in total. The van der Waals surface area contributed by atoms with Crippen LogP contribution in [0.1, 0.15) is 48.5 Å². The maximum atomic E-state index is 12.8. The summed E-state index contributed by atoms with van der Waals surface area (Å²) in [6, 6.07) is 6.93. The zero-order chi connectivity index (χ0) is 17.0. The zero-order valence-electron chi connectivity index (χ0n) is 14.4. The van der Waals surface area contributed by atoms with Crippen LogP contribution in [0, 0.1) is 0 Å². The summed E-state index contributed by atoms with van der Waals surface area (Å²) >= 11 is 0. The number of sulfone groups is 1. The van der Waals surface area contributed by atoms with Crippen molar-refractivity contribution in [3.8, 4) is 0 Å². The lowest BCUT2D eigenvalue weighted by Gasteiger charge is -2.32. The summed E-state index contributed by atoms with van der Waals surface area (Å²) in [7, 11) is -4.16. The quantitative estimate of drug-likeness (QED) is 0.785. The van der Waals surface area contributed by atoms with Crippen LogP contribution in [-0.2, 0) is 19.1 Å². The standard InChI is InChI=1S/C16H25BO4S/c1-14(2,3)22(18,19)13-11-9-8-10-12(13)17-20-15(4,5)16(6,7)21-17/h8-11H,1-7H3. The van der Waals surface area contributed by atoms with Crippen molar-refractivity contribution in [2.45, 2.75) is 69.3 Å². The Morgan fingerprint density at radius 3 is 1.86 bits per heavy atom. The zero-order valence-corrected chi connectivity index (χ0v) is 15.2. The molecular weight excluding hydrogens is 299 g/mol. The minimum Gasteiger partial charge on any atom is -0.399 e. The number of hydrogen-bond donors (Lipinski definition) is 0. The van der Waals surface area contributed by atoms with Gasteiger partial charge in [-0.2, -0.15) is 0 Å². The van der Waals surface area contributed by atoms with Gasteiger partial charge in [0.1, 0.15) is 0 Å². The van der Waals surface area contributed by atoms with Gasteiger partial charge in [0, 0.05) is 5.46 Å². The number of benzene rings is 1. The summed E-state index contributed by atoms with van der Waals surface area (Å²) in [5, 5.41) is 0. The summed E-state index contributed by atoms with van der Waals surface area (Å²) in [5.41, 5.74) is -0.442. The summed E-state index contributed by atoms with van der Waals surface area (Å²) in [5.74, 6) is 0. The first-order chi connectivity index (χ1) is 9.80. The molecule has 1 fully saturated rings. The van der Waals surface area contributed by atoms with Gasteiger partial charge in [-0.1, -0.05) is 18.2 Å². The van der Waals surface area contributed by atoms with E-state index in [1.54, 1.807) is 39.0 Å². The molecule has 0 saturated carbocycles. The molecule has 1 heterocycles. The molecule has 0 spiro atoms. The smallest absolute Gasteiger partial charge is 0.399 e. The van der Waals surface area contributed by atoms with Crippen LogP contribution >= 0.6 is 0 Å². The fraction of sp³-hybridized carbons (Fsp3) is 0.625. The molecule has 0 aliphatic carbocycles. The van der Waals surface area contributed by atoms with E-state index in [1.165, 1.54) is 0 Å². The van der Waals surface area contributed by atoms with E-state index < -0.39 is 32.9 Å². The van der Waals surface area contributed by atoms with E-state index in [4.69, 9.17) is 9.31 Å². The highest BCUT2D eigenvalue weighted by atomic mass is 32.2. The minimum atomic E-state index is -3.48. The van der Waals surface area contributed by atoms with E-state index in [0.29, 0.717) is 5.46 Å². The van der Waals surface area contributed by atoms with Crippen LogP contribution in [0.4, 0.5) is 0 Å². The molecule has 0 aromatic heterocycles. The maximum absolute atomic E-state index is 12.8. The third-order valence-electron chi connectivity index (χ3n) is 4.52. The van der Waals surface area contributed by atoms with Crippen molar-refractivity contribution >= 4 is 22.4 Å². The lowest BCUT2D eigenvalue weighted by atomic mass is 9.79. The van der Waals surface area contributed by atoms with Crippen LogP contribution in [0.3, 0.4) is 0 Å². The van der Waals surface area contributed by atoms with Crippen LogP contribution in [0.5, 0.6) is 0 Å². The van der Waals surface area contributed by atoms with Crippen molar-refractivity contribution in [2.24, 2.45) is 0 Å². The Morgan fingerprint density at radius 2 is 1.41 bits per heavy atom. The third-order valence-corrected chi connectivity index (χ3v) is 7.09. The van der Waals surface area contributed by atoms with Crippen LogP contribution in [-0.4, -0.2) is 31.5 Å². The second kappa shape index (κ2) is 5.08. The van der Waals surface area contributed by atoms with Gasteiger partial charge in [-0.3, -0.25) is 0 Å². The molecule has 1 aliphatic heterocycles. The van der Waals surface area contributed by atoms with Crippen molar-refractivity contribution < 1.29 is 17.7 Å². The molecule has 1 saturated heterocycles. The molecular formula is C16H25BO4S. The fourth-order valence-electron chi connectivity index (χ4n) is 2.22. The van der Waals surface area contributed by atoms with Gasteiger partial charge in [-0.05, 0) is 54.5 Å². The summed E-state index contributed by atoms with van der Waals surface area (Å²) in [6.45, 7) is 12.9. The molecule has 122 valence electrons. The first kappa shape index (κ1) is 17.5. The second-order valence-electron chi connectivity index (χ2n) is 7.74. The van der Waals surface area contributed by atoms with E-state index in [-0.39, 0.29) is 4.90 Å². The van der Waals surface area contributed by atoms with Crippen molar-refractivity contribution in [1.29, 1.82) is 0 Å². The summed E-state index contributed by atoms with van der Waals surface area (Å²) in [6.07, 6.45) is 0. The van der Waals surface area contributed by atoms with Crippen molar-refractivity contribution in [1.82, 2.24) is 0 Å². The Kier molecular flexibility index (Phi) is 4.04. The van der Waals surface area contributed by atoms with Gasteiger partial charge in [0.15, 0.2) is 9.84 Å². The largest absolute Gasteiger partial charge is 0.496 e. The Balaban J connectivity index is 2.53. The molecule has 4 nitrogen and oxygen atoms in total. The highest BCUT2D eigenvalue weighted by Crippen LogP contribution is 2.37. The Morgan fingerprint density at radius 1 is 0.955 bits per heavy atom. The van der Waals surface area contributed by atoms with E-state index in [0.717, 1.165) is 0 Å². The molecule has 1 aliphatic rings. The predicted molar refractivity (Wildman–Crippen MR) is 89.1 cm³/mol. The van der Waals surface area contributed by atoms with Crippen molar-refractivity contribution in [3.63, 3.8) is 0 Å². The lowest BCUT2D eigenvalue weighted by molar-refractivity contribution is 0.00578. The maximum Gasteiger partial charge on any atom is 0.496 e. The van der Waals surface area contributed by atoms with Crippen LogP contribution in [0.15, 0.2) is 29.2 Å². The molecule has 1 aromatic rings. The molecule has 2 rings (SSSR count). The summed E-state index contributed by atoms with van der Waals surface area (Å²) < 4.78 is 36.8. The van der Waals surface area contributed by atoms with Gasteiger partial charge in [0.05, 0.1) is 20.8 Å². The van der Waals surface area contributed by atoms with Crippen LogP contribution in [0.25, 0.3) is 0 Å². The van der Waals surface area contributed by atoms with Gasteiger partial charge >= 0.3 is 7.12 Å². The highest BCUT2D eigenvalue weighted by molar-refractivity contribution is 7.93. The second-order valence-corrected chi connectivity index (χ2v) is 10.4. The monoisotopic (exact) mass is 324 g/mol. The van der Waals surface area contributed by atoms with Crippen LogP contribution < -0.4 is 5.46 Å². The van der Waals surface area contributed by atoms with Gasteiger partial charge in [-0.25, -0.2) is 8.42 Å². The van der Waals surface area contributed by atoms with E-state index in [2.05, 4.69) is 0 Å². The Hall–Kier alpha value is -0.845. The third kappa shape index (κ3) is 2.72. The van der Waals surface area contributed by atoms with Gasteiger partial charge < -0.3 is 9.31 Å². The van der Waals surface area contributed by atoms with E-state index >= 15 is 0 Å². The molecule has 6 heteroatoms. The molecule has 1 aromatic carbocycles. The number of hydrogen-bond acceptors (Lipinski definition) is 4. The average Bonchev–Trinajstić information content (AvgIpc) is 2.57. The van der Waals surface area contributed by atoms with E-state index in [9.17, 15) is 8.42 Å². The van der Waals surface area contributed by atoms with Gasteiger partial charge in [0.25, 0.3) is 0 Å². The predicted octanol–water partition coefficient (Wildman–Crippen LogP) is 2.56. The molecule has 0 atom stereocenters. The minimum absolute atomic E-state index is 0.279. The number of rotatable bonds is 2. The lowest BCUT2D eigenvalue weighted by Crippen LogP contribution is -2.41. The molecule has 0 unspecified atom stereocenters. The van der Waals surface area contributed by atoms with Crippen molar-refractivity contribution in [3.05, 3.63) is 24.3 Å². The summed E-state index contributed by atoms with van der Waals surface area (Å²) in [4.78, 5) is 0.279. The topological polar surface area (TPSA) is 52.6 Å². The molecule has 0 bridgehead atoms. The molecule has 22 heavy (non-hydrogen) atoms. The van der Waals surface area contributed by atoms with Gasteiger partial charge in [0.2, 0.25) is 0 Å². The first-order valence-corrected chi connectivity index (χ1v) is 8.97. The Bertz CT molecular complexity index is 656. The highest BCUT2D eigenvalue weighted by Gasteiger charge is 2.53. The Labute approximate surface area is 134 Å². The fourth-order valence-corrected chi connectivity index (χ4v) is 3.61. The molecule has 0 radical (unpaired) electrons. The van der Waals surface area contributed by atoms with Crippen molar-refractivity contribution in [2.75, 3.05) is 0 Å². The first-order valence-electron chi connectivity index (χ1n) is 7.49. The van der Waals surface area contributed by atoms with E-state index in [1.807, 2.05) is 33.8 Å². The SMILES string of the molecule is CC1(C)OB(c2ccccc2S(=O)(=O)C(C)(C)C)OC1(C)C. The molecule has 0 amide bonds. The van der Waals surface area contributed by atoms with Crippen LogP contribution in [0.2, 0.25) is 0 Å².